The molecule has 132 valence electrons. The second-order valence-corrected chi connectivity index (χ2v) is 7.52. The summed E-state index contributed by atoms with van der Waals surface area (Å²) in [5.74, 6) is 0.280. The summed E-state index contributed by atoms with van der Waals surface area (Å²) >= 11 is 3.49. The summed E-state index contributed by atoms with van der Waals surface area (Å²) < 4.78 is 0.903. The van der Waals surface area contributed by atoms with E-state index in [2.05, 4.69) is 33.5 Å². The molecule has 0 spiro atoms. The van der Waals surface area contributed by atoms with Gasteiger partial charge >= 0.3 is 0 Å². The smallest absolute Gasteiger partial charge is 0.227 e. The van der Waals surface area contributed by atoms with Crippen LogP contribution in [0.2, 0.25) is 0 Å². The number of halogens is 1. The number of nitrogens with one attached hydrogen (secondary N) is 2. The number of carbonyl (C=O) groups excluding carboxylic acids is 2. The van der Waals surface area contributed by atoms with Crippen LogP contribution in [0.25, 0.3) is 0 Å². The van der Waals surface area contributed by atoms with Crippen molar-refractivity contribution in [3.8, 4) is 0 Å². The van der Waals surface area contributed by atoms with E-state index in [0.29, 0.717) is 0 Å². The van der Waals surface area contributed by atoms with Crippen LogP contribution in [-0.2, 0) is 9.59 Å². The third-order valence-corrected chi connectivity index (χ3v) is 5.34. The van der Waals surface area contributed by atoms with E-state index in [0.717, 1.165) is 60.8 Å². The molecule has 1 aliphatic rings. The highest BCUT2D eigenvalue weighted by Crippen LogP contribution is 2.31. The lowest BCUT2D eigenvalue weighted by atomic mass is 9.81. The molecule has 0 aliphatic heterocycles. The Morgan fingerprint density at radius 3 is 2.33 bits per heavy atom. The molecule has 0 saturated heterocycles. The van der Waals surface area contributed by atoms with E-state index in [9.17, 15) is 9.59 Å². The molecule has 1 aromatic carbocycles. The number of hydrogen-bond acceptors (Lipinski definition) is 2. The van der Waals surface area contributed by atoms with Gasteiger partial charge in [0.25, 0.3) is 0 Å². The van der Waals surface area contributed by atoms with Crippen molar-refractivity contribution in [2.24, 2.45) is 11.8 Å². The van der Waals surface area contributed by atoms with Crippen molar-refractivity contribution < 1.29 is 9.59 Å². The molecule has 1 aliphatic carbocycles. The Bertz CT molecular complexity index is 581. The first-order chi connectivity index (χ1) is 11.5. The Labute approximate surface area is 152 Å². The number of rotatable bonds is 6. The molecule has 0 atom stereocenters. The molecule has 1 aromatic rings. The Morgan fingerprint density at radius 2 is 1.75 bits per heavy atom. The van der Waals surface area contributed by atoms with Gasteiger partial charge in [0.05, 0.1) is 5.69 Å². The number of benzene rings is 1. The van der Waals surface area contributed by atoms with Gasteiger partial charge in [-0.15, -0.1) is 0 Å². The van der Waals surface area contributed by atoms with E-state index in [4.69, 9.17) is 0 Å². The van der Waals surface area contributed by atoms with Gasteiger partial charge in [-0.1, -0.05) is 19.4 Å². The van der Waals surface area contributed by atoms with Crippen LogP contribution < -0.4 is 10.6 Å². The number of anilines is 1. The fraction of sp³-hybridized carbons (Fsp3) is 0.579. The standard InChI is InChI=1S/C19H27BrN2O2/c1-3-4-11-21-18(23)14-6-8-15(9-7-14)19(24)22-17-10-5-13(2)12-16(17)20/h5,10,12,14-15H,3-4,6-9,11H2,1-2H3,(H,21,23)(H,22,24). The topological polar surface area (TPSA) is 58.2 Å². The van der Waals surface area contributed by atoms with Crippen molar-refractivity contribution in [2.75, 3.05) is 11.9 Å². The molecule has 0 unspecified atom stereocenters. The lowest BCUT2D eigenvalue weighted by Gasteiger charge is -2.27. The number of amides is 2. The van der Waals surface area contributed by atoms with E-state index in [1.165, 1.54) is 0 Å². The largest absolute Gasteiger partial charge is 0.356 e. The van der Waals surface area contributed by atoms with Crippen molar-refractivity contribution in [3.05, 3.63) is 28.2 Å². The highest BCUT2D eigenvalue weighted by molar-refractivity contribution is 9.10. The lowest BCUT2D eigenvalue weighted by Crippen LogP contribution is -2.35. The monoisotopic (exact) mass is 394 g/mol. The van der Waals surface area contributed by atoms with E-state index in [1.807, 2.05) is 25.1 Å². The van der Waals surface area contributed by atoms with Gasteiger partial charge in [-0.3, -0.25) is 9.59 Å². The van der Waals surface area contributed by atoms with Crippen LogP contribution in [0.5, 0.6) is 0 Å². The van der Waals surface area contributed by atoms with Crippen molar-refractivity contribution >= 4 is 33.4 Å². The van der Waals surface area contributed by atoms with Crippen LogP contribution >= 0.6 is 15.9 Å². The molecular weight excluding hydrogens is 368 g/mol. The highest BCUT2D eigenvalue weighted by atomic mass is 79.9. The molecule has 0 bridgehead atoms. The van der Waals surface area contributed by atoms with Crippen LogP contribution in [0, 0.1) is 18.8 Å². The second kappa shape index (κ2) is 9.21. The fourth-order valence-corrected chi connectivity index (χ4v) is 3.70. The Balaban J connectivity index is 1.81. The van der Waals surface area contributed by atoms with Crippen molar-refractivity contribution in [3.63, 3.8) is 0 Å². The van der Waals surface area contributed by atoms with Gasteiger partial charge in [0.15, 0.2) is 0 Å². The van der Waals surface area contributed by atoms with Crippen LogP contribution in [0.4, 0.5) is 5.69 Å². The Kier molecular flexibility index (Phi) is 7.28. The summed E-state index contributed by atoms with van der Waals surface area (Å²) in [5.41, 5.74) is 1.96. The van der Waals surface area contributed by atoms with Gasteiger partial charge in [-0.05, 0) is 72.7 Å². The average molecular weight is 395 g/mol. The molecule has 1 fully saturated rings. The zero-order valence-corrected chi connectivity index (χ0v) is 16.1. The summed E-state index contributed by atoms with van der Waals surface area (Å²) in [4.78, 5) is 24.6. The minimum atomic E-state index is -0.00195. The molecule has 1 saturated carbocycles. The molecule has 4 nitrogen and oxygen atoms in total. The minimum absolute atomic E-state index is 0.00195. The minimum Gasteiger partial charge on any atom is -0.356 e. The molecule has 5 heteroatoms. The van der Waals surface area contributed by atoms with Crippen LogP contribution in [0.1, 0.15) is 51.0 Å². The number of carbonyl (C=O) groups is 2. The number of hydrogen-bond donors (Lipinski definition) is 2. The second-order valence-electron chi connectivity index (χ2n) is 6.67. The maximum absolute atomic E-state index is 12.5. The third kappa shape index (κ3) is 5.33. The predicted octanol–water partition coefficient (Wildman–Crippen LogP) is 4.42. The average Bonchev–Trinajstić information content (AvgIpc) is 2.57. The molecule has 0 radical (unpaired) electrons. The summed E-state index contributed by atoms with van der Waals surface area (Å²) in [6.45, 7) is 4.89. The first kappa shape index (κ1) is 19.0. The molecular formula is C19H27BrN2O2. The normalized spacial score (nSPS) is 20.5. The van der Waals surface area contributed by atoms with E-state index in [-0.39, 0.29) is 23.7 Å². The van der Waals surface area contributed by atoms with Crippen molar-refractivity contribution in [2.45, 2.75) is 52.4 Å². The Morgan fingerprint density at radius 1 is 1.12 bits per heavy atom. The van der Waals surface area contributed by atoms with Gasteiger partial charge in [-0.2, -0.15) is 0 Å². The fourth-order valence-electron chi connectivity index (χ4n) is 3.11. The third-order valence-electron chi connectivity index (χ3n) is 4.68. The van der Waals surface area contributed by atoms with Crippen molar-refractivity contribution in [1.29, 1.82) is 0 Å². The highest BCUT2D eigenvalue weighted by Gasteiger charge is 2.29. The summed E-state index contributed by atoms with van der Waals surface area (Å²) in [6.07, 6.45) is 5.26. The summed E-state index contributed by atoms with van der Waals surface area (Å²) in [6, 6.07) is 5.90. The molecule has 24 heavy (non-hydrogen) atoms. The zero-order chi connectivity index (χ0) is 17.5. The van der Waals surface area contributed by atoms with E-state index in [1.54, 1.807) is 0 Å². The van der Waals surface area contributed by atoms with Crippen LogP contribution in [0.3, 0.4) is 0 Å². The van der Waals surface area contributed by atoms with E-state index >= 15 is 0 Å². The van der Waals surface area contributed by atoms with Crippen LogP contribution in [0.15, 0.2) is 22.7 Å². The summed E-state index contributed by atoms with van der Waals surface area (Å²) in [7, 11) is 0. The number of unbranched alkanes of at least 4 members (excludes halogenated alkanes) is 1. The zero-order valence-electron chi connectivity index (χ0n) is 14.5. The summed E-state index contributed by atoms with van der Waals surface area (Å²) in [5, 5.41) is 6.01. The quantitative estimate of drug-likeness (QED) is 0.701. The molecule has 2 N–H and O–H groups in total. The first-order valence-corrected chi connectivity index (χ1v) is 9.65. The van der Waals surface area contributed by atoms with Gasteiger partial charge in [0.2, 0.25) is 11.8 Å². The van der Waals surface area contributed by atoms with E-state index < -0.39 is 0 Å². The predicted molar refractivity (Wildman–Crippen MR) is 101 cm³/mol. The number of aryl methyl sites for hydroxylation is 1. The Hall–Kier alpha value is -1.36. The molecule has 0 aromatic heterocycles. The molecule has 0 heterocycles. The van der Waals surface area contributed by atoms with Gasteiger partial charge in [-0.25, -0.2) is 0 Å². The first-order valence-electron chi connectivity index (χ1n) is 8.86. The lowest BCUT2D eigenvalue weighted by molar-refractivity contribution is -0.128. The maximum atomic E-state index is 12.5. The van der Waals surface area contributed by atoms with Gasteiger partial charge in [0, 0.05) is 22.9 Å². The molecule has 2 amide bonds. The van der Waals surface area contributed by atoms with Crippen LogP contribution in [-0.4, -0.2) is 18.4 Å². The van der Waals surface area contributed by atoms with Crippen molar-refractivity contribution in [1.82, 2.24) is 5.32 Å². The molecule has 2 rings (SSSR count). The SMILES string of the molecule is CCCCNC(=O)C1CCC(C(=O)Nc2ccc(C)cc2Br)CC1. The van der Waals surface area contributed by atoms with Gasteiger partial charge < -0.3 is 10.6 Å². The van der Waals surface area contributed by atoms with Gasteiger partial charge in [0.1, 0.15) is 0 Å². The maximum Gasteiger partial charge on any atom is 0.227 e.